The molecular weight excluding hydrogens is 290 g/mol. The number of rotatable bonds is 6. The van der Waals surface area contributed by atoms with E-state index in [9.17, 15) is 9.59 Å². The monoisotopic (exact) mass is 317 g/mol. The smallest absolute Gasteiger partial charge is 0.222 e. The first-order valence-electron chi connectivity index (χ1n) is 8.22. The van der Waals surface area contributed by atoms with Gasteiger partial charge >= 0.3 is 0 Å². The van der Waals surface area contributed by atoms with Crippen LogP contribution in [0.1, 0.15) is 34.6 Å². The van der Waals surface area contributed by atoms with Gasteiger partial charge in [-0.15, -0.1) is 6.58 Å². The number of piperidine rings is 1. The van der Waals surface area contributed by atoms with Crippen molar-refractivity contribution in [1.29, 1.82) is 0 Å². The van der Waals surface area contributed by atoms with Gasteiger partial charge in [-0.1, -0.05) is 6.08 Å². The van der Waals surface area contributed by atoms with Gasteiger partial charge in [0.15, 0.2) is 5.78 Å². The van der Waals surface area contributed by atoms with Gasteiger partial charge in [0.05, 0.1) is 6.54 Å². The topological polar surface area (TPSA) is 54.3 Å². The van der Waals surface area contributed by atoms with Crippen molar-refractivity contribution in [3.8, 4) is 0 Å². The summed E-state index contributed by atoms with van der Waals surface area (Å²) in [5, 5.41) is 2.71. The summed E-state index contributed by atoms with van der Waals surface area (Å²) >= 11 is 0. The molecule has 2 heterocycles. The number of carbonyl (C=O) groups excluding carboxylic acids is 2. The molecule has 1 fully saturated rings. The van der Waals surface area contributed by atoms with Crippen molar-refractivity contribution in [1.82, 2.24) is 14.8 Å². The van der Waals surface area contributed by atoms with Gasteiger partial charge in [-0.2, -0.15) is 0 Å². The van der Waals surface area contributed by atoms with Crippen LogP contribution in [0.4, 0.5) is 0 Å². The molecule has 0 bridgehead atoms. The van der Waals surface area contributed by atoms with Crippen molar-refractivity contribution in [2.24, 2.45) is 5.92 Å². The van der Waals surface area contributed by atoms with E-state index in [1.165, 1.54) is 0 Å². The first-order chi connectivity index (χ1) is 11.0. The van der Waals surface area contributed by atoms with Crippen LogP contribution >= 0.6 is 0 Å². The number of likely N-dealkylation sites (tertiary alicyclic amines) is 1. The second-order valence-corrected chi connectivity index (χ2v) is 6.27. The number of nitrogens with one attached hydrogen (secondary N) is 1. The number of carbonyl (C=O) groups is 2. The number of Topliss-reactive ketones (excluding diaryl/α,β-unsaturated/α-hetero) is 1. The van der Waals surface area contributed by atoms with E-state index in [2.05, 4.69) is 21.4 Å². The maximum Gasteiger partial charge on any atom is 0.222 e. The SMILES string of the molecule is C=CCn1c(C)cc(C(=O)CN2CCC(C(=O)NC)CC2)c1C. The highest BCUT2D eigenvalue weighted by molar-refractivity contribution is 5.99. The molecule has 0 aliphatic carbocycles. The van der Waals surface area contributed by atoms with Crippen molar-refractivity contribution in [3.63, 3.8) is 0 Å². The number of hydrogen-bond donors (Lipinski definition) is 1. The van der Waals surface area contributed by atoms with Crippen LogP contribution in [0, 0.1) is 19.8 Å². The third kappa shape index (κ3) is 3.91. The first kappa shape index (κ1) is 17.5. The molecule has 2 rings (SSSR count). The summed E-state index contributed by atoms with van der Waals surface area (Å²) in [6, 6.07) is 1.97. The summed E-state index contributed by atoms with van der Waals surface area (Å²) in [5.41, 5.74) is 2.90. The third-order valence-electron chi connectivity index (χ3n) is 4.76. The van der Waals surface area contributed by atoms with Gasteiger partial charge < -0.3 is 9.88 Å². The third-order valence-corrected chi connectivity index (χ3v) is 4.76. The Balaban J connectivity index is 1.97. The minimum Gasteiger partial charge on any atom is -0.359 e. The van der Waals surface area contributed by atoms with E-state index < -0.39 is 0 Å². The first-order valence-corrected chi connectivity index (χ1v) is 8.22. The van der Waals surface area contributed by atoms with Crippen molar-refractivity contribution < 1.29 is 9.59 Å². The normalized spacial score (nSPS) is 16.3. The van der Waals surface area contributed by atoms with Gasteiger partial charge in [-0.3, -0.25) is 14.5 Å². The van der Waals surface area contributed by atoms with Crippen molar-refractivity contribution >= 4 is 11.7 Å². The highest BCUT2D eigenvalue weighted by Gasteiger charge is 2.26. The fourth-order valence-corrected chi connectivity index (χ4v) is 3.34. The van der Waals surface area contributed by atoms with Gasteiger partial charge in [-0.25, -0.2) is 0 Å². The maximum absolute atomic E-state index is 12.6. The molecule has 5 nitrogen and oxygen atoms in total. The van der Waals surface area contributed by atoms with Crippen LogP contribution in [0.2, 0.25) is 0 Å². The average molecular weight is 317 g/mol. The van der Waals surface area contributed by atoms with Crippen LogP contribution in [-0.4, -0.2) is 47.8 Å². The second kappa shape index (κ2) is 7.59. The Kier molecular flexibility index (Phi) is 5.77. The molecule has 1 aliphatic heterocycles. The molecule has 126 valence electrons. The molecular formula is C18H27N3O2. The van der Waals surface area contributed by atoms with E-state index in [4.69, 9.17) is 0 Å². The summed E-state index contributed by atoms with van der Waals surface area (Å²) in [6.45, 7) is 10.5. The van der Waals surface area contributed by atoms with Gasteiger partial charge in [-0.05, 0) is 45.8 Å². The number of ketones is 1. The largest absolute Gasteiger partial charge is 0.359 e. The maximum atomic E-state index is 12.6. The number of aryl methyl sites for hydroxylation is 1. The molecule has 23 heavy (non-hydrogen) atoms. The van der Waals surface area contributed by atoms with E-state index in [0.717, 1.165) is 49.4 Å². The van der Waals surface area contributed by atoms with Crippen molar-refractivity contribution in [2.75, 3.05) is 26.7 Å². The van der Waals surface area contributed by atoms with Gasteiger partial charge in [0, 0.05) is 36.5 Å². The lowest BCUT2D eigenvalue weighted by Gasteiger charge is -2.30. The Hall–Kier alpha value is -1.88. The molecule has 1 amide bonds. The Bertz CT molecular complexity index is 596. The fraction of sp³-hybridized carbons (Fsp3) is 0.556. The number of nitrogens with zero attached hydrogens (tertiary/aromatic N) is 2. The van der Waals surface area contributed by atoms with E-state index in [1.54, 1.807) is 7.05 Å². The molecule has 1 aromatic rings. The Morgan fingerprint density at radius 3 is 2.57 bits per heavy atom. The molecule has 1 N–H and O–H groups in total. The molecule has 1 saturated heterocycles. The van der Waals surface area contributed by atoms with Crippen molar-refractivity contribution in [3.05, 3.63) is 35.7 Å². The van der Waals surface area contributed by atoms with E-state index >= 15 is 0 Å². The van der Waals surface area contributed by atoms with Crippen LogP contribution < -0.4 is 5.32 Å². The van der Waals surface area contributed by atoms with Crippen LogP contribution in [0.15, 0.2) is 18.7 Å². The summed E-state index contributed by atoms with van der Waals surface area (Å²) in [6.07, 6.45) is 3.49. The van der Waals surface area contributed by atoms with Gasteiger partial charge in [0.25, 0.3) is 0 Å². The van der Waals surface area contributed by atoms with Gasteiger partial charge in [0.1, 0.15) is 0 Å². The fourth-order valence-electron chi connectivity index (χ4n) is 3.34. The van der Waals surface area contributed by atoms with Crippen LogP contribution in [0.5, 0.6) is 0 Å². The van der Waals surface area contributed by atoms with Crippen LogP contribution in [0.25, 0.3) is 0 Å². The summed E-state index contributed by atoms with van der Waals surface area (Å²) < 4.78 is 2.11. The van der Waals surface area contributed by atoms with E-state index in [1.807, 2.05) is 26.0 Å². The predicted molar refractivity (Wildman–Crippen MR) is 91.7 cm³/mol. The van der Waals surface area contributed by atoms with Crippen LogP contribution in [0.3, 0.4) is 0 Å². The average Bonchev–Trinajstić information content (AvgIpc) is 2.83. The van der Waals surface area contributed by atoms with E-state index in [-0.39, 0.29) is 17.6 Å². The van der Waals surface area contributed by atoms with Gasteiger partial charge in [0.2, 0.25) is 5.91 Å². The Morgan fingerprint density at radius 2 is 2.00 bits per heavy atom. The van der Waals surface area contributed by atoms with E-state index in [0.29, 0.717) is 6.54 Å². The minimum atomic E-state index is 0.0870. The number of amides is 1. The summed E-state index contributed by atoms with van der Waals surface area (Å²) in [4.78, 5) is 26.4. The summed E-state index contributed by atoms with van der Waals surface area (Å²) in [5.74, 6) is 0.361. The molecule has 0 unspecified atom stereocenters. The summed E-state index contributed by atoms with van der Waals surface area (Å²) in [7, 11) is 1.68. The van der Waals surface area contributed by atoms with Crippen molar-refractivity contribution in [2.45, 2.75) is 33.2 Å². The zero-order valence-electron chi connectivity index (χ0n) is 14.4. The number of hydrogen-bond acceptors (Lipinski definition) is 3. The van der Waals surface area contributed by atoms with Crippen LogP contribution in [-0.2, 0) is 11.3 Å². The number of aromatic nitrogens is 1. The number of allylic oxidation sites excluding steroid dienone is 1. The lowest BCUT2D eigenvalue weighted by molar-refractivity contribution is -0.125. The Labute approximate surface area is 138 Å². The minimum absolute atomic E-state index is 0.0870. The molecule has 0 saturated carbocycles. The molecule has 0 aromatic carbocycles. The predicted octanol–water partition coefficient (Wildman–Crippen LogP) is 1.93. The zero-order valence-corrected chi connectivity index (χ0v) is 14.4. The Morgan fingerprint density at radius 1 is 1.35 bits per heavy atom. The molecule has 1 aliphatic rings. The quantitative estimate of drug-likeness (QED) is 0.644. The standard InChI is InChI=1S/C18H27N3O2/c1-5-8-21-13(2)11-16(14(21)3)17(22)12-20-9-6-15(7-10-20)18(23)19-4/h5,11,15H,1,6-10,12H2,2-4H3,(H,19,23). The zero-order chi connectivity index (χ0) is 17.0. The molecule has 1 aromatic heterocycles. The molecule has 5 heteroatoms. The lowest BCUT2D eigenvalue weighted by atomic mass is 9.95. The molecule has 0 radical (unpaired) electrons. The second-order valence-electron chi connectivity index (χ2n) is 6.27. The molecule has 0 spiro atoms. The highest BCUT2D eigenvalue weighted by atomic mass is 16.1. The highest BCUT2D eigenvalue weighted by Crippen LogP contribution is 2.20. The lowest BCUT2D eigenvalue weighted by Crippen LogP contribution is -2.41. The molecule has 0 atom stereocenters.